The van der Waals surface area contributed by atoms with Crippen molar-refractivity contribution in [3.63, 3.8) is 0 Å². The highest BCUT2D eigenvalue weighted by Crippen LogP contribution is 2.30. The van der Waals surface area contributed by atoms with Crippen molar-refractivity contribution in [1.82, 2.24) is 5.32 Å². The van der Waals surface area contributed by atoms with Crippen molar-refractivity contribution in [2.45, 2.75) is 46.6 Å². The number of alkyl halides is 2. The summed E-state index contributed by atoms with van der Waals surface area (Å²) in [6, 6.07) is 3.89. The summed E-state index contributed by atoms with van der Waals surface area (Å²) in [5.74, 6) is 1.64. The fraction of sp³-hybridized carbons (Fsp3) is 0.611. The summed E-state index contributed by atoms with van der Waals surface area (Å²) in [5, 5.41) is 2.85. The third-order valence-electron chi connectivity index (χ3n) is 4.05. The Bertz CT molecular complexity index is 532. The highest BCUT2D eigenvalue weighted by atomic mass is 35.5. The monoisotopic (exact) mass is 374 g/mol. The van der Waals surface area contributed by atoms with Crippen LogP contribution in [0.15, 0.2) is 12.1 Å². The quantitative estimate of drug-likeness (QED) is 0.627. The maximum Gasteiger partial charge on any atom is 0.412 e. The smallest absolute Gasteiger partial charge is 0.410 e. The number of carbonyl (C=O) groups is 1. The number of ether oxygens (including phenoxy) is 1. The first-order valence-electron chi connectivity index (χ1n) is 8.40. The molecule has 1 aromatic rings. The molecule has 0 heterocycles. The van der Waals surface area contributed by atoms with E-state index in [1.165, 1.54) is 0 Å². The molecular formula is C18H28Cl2N2O2. The minimum atomic E-state index is -0.412. The van der Waals surface area contributed by atoms with Crippen LogP contribution in [0, 0.1) is 13.8 Å². The van der Waals surface area contributed by atoms with E-state index in [2.05, 4.69) is 17.1 Å². The largest absolute Gasteiger partial charge is 0.412 e. The van der Waals surface area contributed by atoms with Gasteiger partial charge in [0.25, 0.3) is 0 Å². The summed E-state index contributed by atoms with van der Waals surface area (Å²) in [4.78, 5) is 14.2. The van der Waals surface area contributed by atoms with Crippen molar-refractivity contribution in [2.24, 2.45) is 0 Å². The highest BCUT2D eigenvalue weighted by molar-refractivity contribution is 6.18. The van der Waals surface area contributed by atoms with E-state index in [0.29, 0.717) is 17.5 Å². The molecule has 0 saturated heterocycles. The molecule has 24 heavy (non-hydrogen) atoms. The van der Waals surface area contributed by atoms with Gasteiger partial charge >= 0.3 is 6.09 Å². The molecule has 1 unspecified atom stereocenters. The van der Waals surface area contributed by atoms with Gasteiger partial charge in [-0.3, -0.25) is 0 Å². The molecule has 1 amide bonds. The zero-order valence-electron chi connectivity index (χ0n) is 15.0. The summed E-state index contributed by atoms with van der Waals surface area (Å²) in [7, 11) is 0. The second kappa shape index (κ2) is 10.7. The van der Waals surface area contributed by atoms with Crippen LogP contribution in [0.5, 0.6) is 5.75 Å². The van der Waals surface area contributed by atoms with Crippen LogP contribution in [0.4, 0.5) is 10.5 Å². The molecule has 1 N–H and O–H groups in total. The minimum absolute atomic E-state index is 0.103. The normalized spacial score (nSPS) is 11.9. The molecule has 1 aromatic carbocycles. The average Bonchev–Trinajstić information content (AvgIpc) is 2.52. The first-order chi connectivity index (χ1) is 11.4. The predicted octanol–water partition coefficient (Wildman–Crippen LogP) is 4.86. The Kier molecular flexibility index (Phi) is 9.30. The zero-order valence-corrected chi connectivity index (χ0v) is 16.5. The van der Waals surface area contributed by atoms with Crippen LogP contribution in [-0.4, -0.2) is 37.0 Å². The average molecular weight is 375 g/mol. The standard InChI is InChI=1S/C18H28Cl2N2O2/c1-5-6-13(2)21-18(23)24-17-8-7-16(14(3)15(17)4)22(11-9-19)12-10-20/h7-8,13H,5-6,9-12H2,1-4H3,(H,21,23). The second-order valence-corrected chi connectivity index (χ2v) is 6.68. The van der Waals surface area contributed by atoms with E-state index in [9.17, 15) is 4.79 Å². The van der Waals surface area contributed by atoms with Crippen molar-refractivity contribution in [3.8, 4) is 5.75 Å². The topological polar surface area (TPSA) is 41.6 Å². The molecule has 4 nitrogen and oxygen atoms in total. The summed E-state index contributed by atoms with van der Waals surface area (Å²) in [6.07, 6.45) is 1.54. The Labute approximate surface area is 155 Å². The summed E-state index contributed by atoms with van der Waals surface area (Å²) in [5.41, 5.74) is 3.08. The lowest BCUT2D eigenvalue weighted by atomic mass is 10.1. The van der Waals surface area contributed by atoms with E-state index in [1.54, 1.807) is 0 Å². The molecule has 1 atom stereocenters. The van der Waals surface area contributed by atoms with E-state index >= 15 is 0 Å². The highest BCUT2D eigenvalue weighted by Gasteiger charge is 2.15. The molecule has 0 spiro atoms. The third-order valence-corrected chi connectivity index (χ3v) is 4.39. The molecule has 136 valence electrons. The lowest BCUT2D eigenvalue weighted by Gasteiger charge is -2.26. The number of rotatable bonds is 9. The maximum atomic E-state index is 12.0. The van der Waals surface area contributed by atoms with E-state index in [-0.39, 0.29) is 6.04 Å². The molecule has 0 fully saturated rings. The van der Waals surface area contributed by atoms with E-state index in [4.69, 9.17) is 27.9 Å². The van der Waals surface area contributed by atoms with Gasteiger partial charge in [0.1, 0.15) is 5.75 Å². The molecule has 1 rings (SSSR count). The zero-order chi connectivity index (χ0) is 18.1. The van der Waals surface area contributed by atoms with Gasteiger partial charge in [-0.2, -0.15) is 0 Å². The van der Waals surface area contributed by atoms with Gasteiger partial charge in [0, 0.05) is 36.6 Å². The van der Waals surface area contributed by atoms with Gasteiger partial charge < -0.3 is 15.0 Å². The van der Waals surface area contributed by atoms with Crippen LogP contribution in [0.1, 0.15) is 37.8 Å². The number of carbonyl (C=O) groups excluding carboxylic acids is 1. The Morgan fingerprint density at radius 3 is 2.38 bits per heavy atom. The van der Waals surface area contributed by atoms with Crippen LogP contribution in [0.2, 0.25) is 0 Å². The van der Waals surface area contributed by atoms with Crippen molar-refractivity contribution >= 4 is 35.0 Å². The summed E-state index contributed by atoms with van der Waals surface area (Å²) in [6.45, 7) is 9.49. The second-order valence-electron chi connectivity index (χ2n) is 5.92. The summed E-state index contributed by atoms with van der Waals surface area (Å²) >= 11 is 11.8. The molecule has 0 aliphatic rings. The van der Waals surface area contributed by atoms with Crippen LogP contribution < -0.4 is 15.0 Å². The first-order valence-corrected chi connectivity index (χ1v) is 9.46. The number of hydrogen-bond acceptors (Lipinski definition) is 3. The molecular weight excluding hydrogens is 347 g/mol. The van der Waals surface area contributed by atoms with Crippen molar-refractivity contribution in [1.29, 1.82) is 0 Å². The molecule has 0 radical (unpaired) electrons. The van der Waals surface area contributed by atoms with Gasteiger partial charge in [-0.25, -0.2) is 4.79 Å². The molecule has 0 aliphatic carbocycles. The molecule has 0 aliphatic heterocycles. The predicted molar refractivity (Wildman–Crippen MR) is 103 cm³/mol. The molecule has 0 bridgehead atoms. The SMILES string of the molecule is CCCC(C)NC(=O)Oc1ccc(N(CCCl)CCCl)c(C)c1C. The Morgan fingerprint density at radius 1 is 1.21 bits per heavy atom. The minimum Gasteiger partial charge on any atom is -0.410 e. The summed E-state index contributed by atoms with van der Waals surface area (Å²) < 4.78 is 5.48. The molecule has 0 saturated carbocycles. The lowest BCUT2D eigenvalue weighted by molar-refractivity contribution is 0.196. The molecule has 6 heteroatoms. The fourth-order valence-corrected chi connectivity index (χ4v) is 3.04. The number of benzene rings is 1. The number of amides is 1. The van der Waals surface area contributed by atoms with E-state index in [1.807, 2.05) is 32.9 Å². The van der Waals surface area contributed by atoms with Crippen LogP contribution in [0.3, 0.4) is 0 Å². The van der Waals surface area contributed by atoms with Crippen molar-refractivity contribution in [3.05, 3.63) is 23.3 Å². The van der Waals surface area contributed by atoms with Crippen LogP contribution in [0.25, 0.3) is 0 Å². The number of nitrogens with one attached hydrogen (secondary N) is 1. The fourth-order valence-electron chi connectivity index (χ4n) is 2.63. The van der Waals surface area contributed by atoms with Gasteiger partial charge in [0.2, 0.25) is 0 Å². The number of hydrogen-bond donors (Lipinski definition) is 1. The van der Waals surface area contributed by atoms with Crippen molar-refractivity contribution < 1.29 is 9.53 Å². The van der Waals surface area contributed by atoms with Gasteiger partial charge in [-0.05, 0) is 50.5 Å². The lowest BCUT2D eigenvalue weighted by Crippen LogP contribution is -2.35. The Balaban J connectivity index is 2.88. The Morgan fingerprint density at radius 2 is 1.83 bits per heavy atom. The third kappa shape index (κ3) is 6.06. The van der Waals surface area contributed by atoms with Gasteiger partial charge in [0.15, 0.2) is 0 Å². The number of anilines is 1. The number of nitrogens with zero attached hydrogens (tertiary/aromatic N) is 1. The van der Waals surface area contributed by atoms with Crippen molar-refractivity contribution in [2.75, 3.05) is 29.7 Å². The molecule has 0 aromatic heterocycles. The van der Waals surface area contributed by atoms with Gasteiger partial charge in [0.05, 0.1) is 0 Å². The van der Waals surface area contributed by atoms with Gasteiger partial charge in [-0.1, -0.05) is 13.3 Å². The Hall–Kier alpha value is -1.13. The van der Waals surface area contributed by atoms with Gasteiger partial charge in [-0.15, -0.1) is 23.2 Å². The van der Waals surface area contributed by atoms with Crippen LogP contribution in [-0.2, 0) is 0 Å². The number of halogens is 2. The maximum absolute atomic E-state index is 12.0. The first kappa shape index (κ1) is 20.9. The van der Waals surface area contributed by atoms with E-state index in [0.717, 1.165) is 42.7 Å². The van der Waals surface area contributed by atoms with Crippen LogP contribution >= 0.6 is 23.2 Å². The van der Waals surface area contributed by atoms with E-state index < -0.39 is 6.09 Å².